The van der Waals surface area contributed by atoms with E-state index in [1.165, 1.54) is 0 Å². The Balaban J connectivity index is 0.00000242. The van der Waals surface area contributed by atoms with Gasteiger partial charge in [0.1, 0.15) is 0 Å². The number of carbonyl (C=O) groups is 1. The Kier molecular flexibility index (Phi) is 9.25. The number of amides is 1. The summed E-state index contributed by atoms with van der Waals surface area (Å²) in [6.45, 7) is 5.03. The highest BCUT2D eigenvalue weighted by Gasteiger charge is 2.24. The highest BCUT2D eigenvalue weighted by atomic mass is 35.5. The van der Waals surface area contributed by atoms with Gasteiger partial charge in [0.25, 0.3) is 0 Å². The lowest BCUT2D eigenvalue weighted by Gasteiger charge is -2.34. The standard InChI is InChI=1S/C16H23ClN2OS.ClH/c1-2-11-19(14-7-9-18-10-8-14)16(20)12-21-15-5-3-13(17)4-6-15;/h3-6,14,18H,2,7-12H2,1H3;1H. The van der Waals surface area contributed by atoms with E-state index in [-0.39, 0.29) is 18.3 Å². The van der Waals surface area contributed by atoms with Crippen LogP contribution in [-0.2, 0) is 4.79 Å². The first-order valence-corrected chi connectivity index (χ1v) is 8.95. The van der Waals surface area contributed by atoms with Gasteiger partial charge < -0.3 is 10.2 Å². The van der Waals surface area contributed by atoms with E-state index in [2.05, 4.69) is 17.1 Å². The second kappa shape index (κ2) is 10.4. The Labute approximate surface area is 148 Å². The van der Waals surface area contributed by atoms with Gasteiger partial charge in [0.2, 0.25) is 5.91 Å². The summed E-state index contributed by atoms with van der Waals surface area (Å²) < 4.78 is 0. The van der Waals surface area contributed by atoms with Gasteiger partial charge in [0.05, 0.1) is 5.75 Å². The van der Waals surface area contributed by atoms with Gasteiger partial charge in [-0.1, -0.05) is 18.5 Å². The predicted octanol–water partition coefficient (Wildman–Crippen LogP) is 3.84. The number of hydrogen-bond donors (Lipinski definition) is 1. The third-order valence-electron chi connectivity index (χ3n) is 3.71. The number of hydrogen-bond acceptors (Lipinski definition) is 3. The summed E-state index contributed by atoms with van der Waals surface area (Å²) in [6.07, 6.45) is 3.15. The molecule has 0 aliphatic carbocycles. The number of carbonyl (C=O) groups excluding carboxylic acids is 1. The minimum atomic E-state index is 0. The maximum absolute atomic E-state index is 12.5. The van der Waals surface area contributed by atoms with Crippen LogP contribution >= 0.6 is 35.8 Å². The number of nitrogens with one attached hydrogen (secondary N) is 1. The van der Waals surface area contributed by atoms with Gasteiger partial charge in [0, 0.05) is 22.5 Å². The monoisotopic (exact) mass is 362 g/mol. The Morgan fingerprint density at radius 2 is 1.95 bits per heavy atom. The van der Waals surface area contributed by atoms with Crippen LogP contribution in [0.2, 0.25) is 5.02 Å². The van der Waals surface area contributed by atoms with E-state index >= 15 is 0 Å². The van der Waals surface area contributed by atoms with Crippen LogP contribution in [0.1, 0.15) is 26.2 Å². The molecule has 0 saturated carbocycles. The average molecular weight is 363 g/mol. The normalized spacial score (nSPS) is 15.2. The van der Waals surface area contributed by atoms with Gasteiger partial charge in [-0.05, 0) is 56.6 Å². The maximum Gasteiger partial charge on any atom is 0.233 e. The first-order valence-electron chi connectivity index (χ1n) is 7.59. The predicted molar refractivity (Wildman–Crippen MR) is 97.3 cm³/mol. The lowest BCUT2D eigenvalue weighted by molar-refractivity contribution is -0.131. The largest absolute Gasteiger partial charge is 0.339 e. The van der Waals surface area contributed by atoms with Crippen LogP contribution in [0, 0.1) is 0 Å². The molecular formula is C16H24Cl2N2OS. The van der Waals surface area contributed by atoms with Crippen LogP contribution in [0.25, 0.3) is 0 Å². The van der Waals surface area contributed by atoms with E-state index in [1.807, 2.05) is 24.3 Å². The fraction of sp³-hybridized carbons (Fsp3) is 0.562. The van der Waals surface area contributed by atoms with Gasteiger partial charge in [-0.25, -0.2) is 0 Å². The molecule has 1 aromatic carbocycles. The van der Waals surface area contributed by atoms with Gasteiger partial charge in [-0.15, -0.1) is 24.2 Å². The third-order valence-corrected chi connectivity index (χ3v) is 4.96. The molecule has 0 aromatic heterocycles. The average Bonchev–Trinajstić information content (AvgIpc) is 2.52. The van der Waals surface area contributed by atoms with Gasteiger partial charge in [0.15, 0.2) is 0 Å². The van der Waals surface area contributed by atoms with Crippen LogP contribution in [0.4, 0.5) is 0 Å². The van der Waals surface area contributed by atoms with Crippen molar-refractivity contribution in [2.45, 2.75) is 37.1 Å². The van der Waals surface area contributed by atoms with E-state index in [9.17, 15) is 4.79 Å². The fourth-order valence-corrected chi connectivity index (χ4v) is 3.54. The molecule has 22 heavy (non-hydrogen) atoms. The Bertz CT molecular complexity index is 450. The fourth-order valence-electron chi connectivity index (χ4n) is 2.63. The summed E-state index contributed by atoms with van der Waals surface area (Å²) in [7, 11) is 0. The minimum absolute atomic E-state index is 0. The van der Waals surface area contributed by atoms with Crippen LogP contribution < -0.4 is 5.32 Å². The molecule has 2 rings (SSSR count). The highest BCUT2D eigenvalue weighted by molar-refractivity contribution is 8.00. The number of benzene rings is 1. The van der Waals surface area contributed by atoms with Crippen molar-refractivity contribution in [1.82, 2.24) is 10.2 Å². The summed E-state index contributed by atoms with van der Waals surface area (Å²) in [4.78, 5) is 15.7. The molecule has 1 aliphatic rings. The summed E-state index contributed by atoms with van der Waals surface area (Å²) in [5, 5.41) is 4.09. The van der Waals surface area contributed by atoms with E-state index in [0.29, 0.717) is 11.8 Å². The van der Waals surface area contributed by atoms with Crippen molar-refractivity contribution >= 4 is 41.7 Å². The molecule has 0 radical (unpaired) electrons. The molecule has 1 fully saturated rings. The minimum Gasteiger partial charge on any atom is -0.339 e. The number of piperidine rings is 1. The lowest BCUT2D eigenvalue weighted by Crippen LogP contribution is -2.47. The summed E-state index contributed by atoms with van der Waals surface area (Å²) >= 11 is 7.47. The molecule has 0 atom stereocenters. The molecule has 3 nitrogen and oxygen atoms in total. The van der Waals surface area contributed by atoms with Crippen LogP contribution in [0.15, 0.2) is 29.2 Å². The van der Waals surface area contributed by atoms with Gasteiger partial charge in [-0.3, -0.25) is 4.79 Å². The van der Waals surface area contributed by atoms with E-state index in [0.717, 1.165) is 48.8 Å². The number of thioether (sulfide) groups is 1. The van der Waals surface area contributed by atoms with Crippen molar-refractivity contribution in [3.63, 3.8) is 0 Å². The molecule has 1 saturated heterocycles. The van der Waals surface area contributed by atoms with Crippen molar-refractivity contribution in [3.8, 4) is 0 Å². The molecule has 1 amide bonds. The Morgan fingerprint density at radius 3 is 2.55 bits per heavy atom. The molecular weight excluding hydrogens is 339 g/mol. The maximum atomic E-state index is 12.5. The Morgan fingerprint density at radius 1 is 1.32 bits per heavy atom. The molecule has 1 aromatic rings. The van der Waals surface area contributed by atoms with Gasteiger partial charge in [-0.2, -0.15) is 0 Å². The third kappa shape index (κ3) is 5.99. The van der Waals surface area contributed by atoms with Crippen molar-refractivity contribution in [3.05, 3.63) is 29.3 Å². The van der Waals surface area contributed by atoms with Crippen molar-refractivity contribution < 1.29 is 4.79 Å². The first kappa shape index (κ1) is 19.6. The zero-order chi connectivity index (χ0) is 15.1. The summed E-state index contributed by atoms with van der Waals surface area (Å²) in [5.41, 5.74) is 0. The van der Waals surface area contributed by atoms with Gasteiger partial charge >= 0.3 is 0 Å². The number of halogens is 2. The van der Waals surface area contributed by atoms with Crippen LogP contribution in [0.3, 0.4) is 0 Å². The van der Waals surface area contributed by atoms with E-state index < -0.39 is 0 Å². The van der Waals surface area contributed by atoms with Crippen LogP contribution in [0.5, 0.6) is 0 Å². The Hall–Kier alpha value is -0.420. The quantitative estimate of drug-likeness (QED) is 0.780. The molecule has 1 heterocycles. The summed E-state index contributed by atoms with van der Waals surface area (Å²) in [5.74, 6) is 0.759. The molecule has 124 valence electrons. The molecule has 0 unspecified atom stereocenters. The SMILES string of the molecule is CCCN(C(=O)CSc1ccc(Cl)cc1)C1CCNCC1.Cl. The number of rotatable bonds is 6. The highest BCUT2D eigenvalue weighted by Crippen LogP contribution is 2.22. The van der Waals surface area contributed by atoms with Crippen LogP contribution in [-0.4, -0.2) is 42.2 Å². The zero-order valence-corrected chi connectivity index (χ0v) is 15.3. The van der Waals surface area contributed by atoms with Crippen molar-refractivity contribution in [2.24, 2.45) is 0 Å². The molecule has 0 bridgehead atoms. The molecule has 1 aliphatic heterocycles. The topological polar surface area (TPSA) is 32.3 Å². The smallest absolute Gasteiger partial charge is 0.233 e. The molecule has 6 heteroatoms. The van der Waals surface area contributed by atoms with Crippen molar-refractivity contribution in [1.29, 1.82) is 0 Å². The molecule has 0 spiro atoms. The number of nitrogens with zero attached hydrogens (tertiary/aromatic N) is 1. The summed E-state index contributed by atoms with van der Waals surface area (Å²) in [6, 6.07) is 8.07. The second-order valence-electron chi connectivity index (χ2n) is 5.31. The van der Waals surface area contributed by atoms with E-state index in [1.54, 1.807) is 11.8 Å². The van der Waals surface area contributed by atoms with E-state index in [4.69, 9.17) is 11.6 Å². The first-order chi connectivity index (χ1) is 10.2. The van der Waals surface area contributed by atoms with Crippen molar-refractivity contribution in [2.75, 3.05) is 25.4 Å². The lowest BCUT2D eigenvalue weighted by atomic mass is 10.0. The second-order valence-corrected chi connectivity index (χ2v) is 6.80. The zero-order valence-electron chi connectivity index (χ0n) is 12.9. The molecule has 1 N–H and O–H groups in total.